The molecular weight excluding hydrogens is 274 g/mol. The molecule has 6 heteroatoms. The molecule has 0 saturated carbocycles. The number of amides is 1. The van der Waals surface area contributed by atoms with Gasteiger partial charge in [0.1, 0.15) is 18.1 Å². The van der Waals surface area contributed by atoms with Gasteiger partial charge < -0.3 is 24.3 Å². The molecule has 0 unspecified atom stereocenters. The van der Waals surface area contributed by atoms with Crippen LogP contribution in [0.2, 0.25) is 0 Å². The number of carbonyl (C=O) groups is 1. The molecule has 21 heavy (non-hydrogen) atoms. The normalized spacial score (nSPS) is 11.8. The number of hydrogen-bond acceptors (Lipinski definition) is 5. The van der Waals surface area contributed by atoms with Crippen molar-refractivity contribution >= 4 is 5.91 Å². The molecule has 1 amide bonds. The maximum absolute atomic E-state index is 11.8. The number of nitrogens with one attached hydrogen (secondary N) is 1. The quantitative estimate of drug-likeness (QED) is 0.700. The van der Waals surface area contributed by atoms with Crippen LogP contribution in [-0.2, 0) is 14.3 Å². The Morgan fingerprint density at radius 1 is 1.19 bits per heavy atom. The molecule has 0 aliphatic heterocycles. The zero-order chi connectivity index (χ0) is 15.7. The second-order valence-corrected chi connectivity index (χ2v) is 4.44. The standard InChI is InChI=1S/C15H23NO5/c1-11(16-15(17)10-21-8-7-18-2)13-9-12(19-3)5-6-14(13)20-4/h5-6,9,11H,7-8,10H2,1-4H3,(H,16,17)/t11-/m0/s1. The van der Waals surface area contributed by atoms with Crippen LogP contribution in [0.3, 0.4) is 0 Å². The number of rotatable bonds is 9. The number of ether oxygens (including phenoxy) is 4. The SMILES string of the molecule is COCCOCC(=O)N[C@@H](C)c1cc(OC)ccc1OC. The zero-order valence-electron chi connectivity index (χ0n) is 13.0. The van der Waals surface area contributed by atoms with E-state index in [1.165, 1.54) is 0 Å². The first kappa shape index (κ1) is 17.3. The van der Waals surface area contributed by atoms with Crippen LogP contribution in [0.15, 0.2) is 18.2 Å². The van der Waals surface area contributed by atoms with Crippen LogP contribution in [0.25, 0.3) is 0 Å². The summed E-state index contributed by atoms with van der Waals surface area (Å²) in [5.41, 5.74) is 0.849. The third kappa shape index (κ3) is 5.61. The maximum Gasteiger partial charge on any atom is 0.246 e. The van der Waals surface area contributed by atoms with E-state index in [1.807, 2.05) is 25.1 Å². The zero-order valence-corrected chi connectivity index (χ0v) is 13.0. The van der Waals surface area contributed by atoms with Crippen LogP contribution in [0.1, 0.15) is 18.5 Å². The van der Waals surface area contributed by atoms with Gasteiger partial charge in [-0.05, 0) is 25.1 Å². The minimum Gasteiger partial charge on any atom is -0.497 e. The highest BCUT2D eigenvalue weighted by Gasteiger charge is 2.15. The second-order valence-electron chi connectivity index (χ2n) is 4.44. The van der Waals surface area contributed by atoms with Crippen molar-refractivity contribution in [2.24, 2.45) is 0 Å². The predicted octanol–water partition coefficient (Wildman–Crippen LogP) is 1.54. The van der Waals surface area contributed by atoms with Crippen molar-refractivity contribution in [2.75, 3.05) is 41.2 Å². The number of hydrogen-bond donors (Lipinski definition) is 1. The third-order valence-corrected chi connectivity index (χ3v) is 2.95. The molecule has 1 atom stereocenters. The van der Waals surface area contributed by atoms with Gasteiger partial charge in [-0.3, -0.25) is 4.79 Å². The first-order chi connectivity index (χ1) is 10.1. The summed E-state index contributed by atoms with van der Waals surface area (Å²) in [6.45, 7) is 2.73. The molecule has 1 rings (SSSR count). The van der Waals surface area contributed by atoms with Gasteiger partial charge in [-0.1, -0.05) is 0 Å². The molecule has 0 fully saturated rings. The average molecular weight is 297 g/mol. The molecule has 0 heterocycles. The molecule has 0 spiro atoms. The highest BCUT2D eigenvalue weighted by atomic mass is 16.5. The summed E-state index contributed by atoms with van der Waals surface area (Å²) in [6.07, 6.45) is 0. The Labute approximate surface area is 125 Å². The minimum atomic E-state index is -0.214. The Bertz CT molecular complexity index is 450. The van der Waals surface area contributed by atoms with E-state index < -0.39 is 0 Å². The highest BCUT2D eigenvalue weighted by Crippen LogP contribution is 2.29. The largest absolute Gasteiger partial charge is 0.497 e. The van der Waals surface area contributed by atoms with E-state index in [0.717, 1.165) is 5.56 Å². The number of benzene rings is 1. The molecule has 1 aromatic carbocycles. The Kier molecular flexibility index (Phi) is 7.56. The van der Waals surface area contributed by atoms with Gasteiger partial charge in [0.2, 0.25) is 5.91 Å². The van der Waals surface area contributed by atoms with Crippen molar-refractivity contribution in [2.45, 2.75) is 13.0 Å². The van der Waals surface area contributed by atoms with Crippen molar-refractivity contribution in [3.8, 4) is 11.5 Å². The van der Waals surface area contributed by atoms with E-state index in [4.69, 9.17) is 18.9 Å². The van der Waals surface area contributed by atoms with Gasteiger partial charge in [0.25, 0.3) is 0 Å². The topological polar surface area (TPSA) is 66.0 Å². The van der Waals surface area contributed by atoms with Gasteiger partial charge in [-0.2, -0.15) is 0 Å². The summed E-state index contributed by atoms with van der Waals surface area (Å²) in [5, 5.41) is 2.86. The molecule has 0 bridgehead atoms. The molecule has 6 nitrogen and oxygen atoms in total. The molecule has 0 aliphatic carbocycles. The summed E-state index contributed by atoms with van der Waals surface area (Å²) in [5.74, 6) is 1.22. The Morgan fingerprint density at radius 3 is 2.57 bits per heavy atom. The van der Waals surface area contributed by atoms with E-state index in [9.17, 15) is 4.79 Å². The highest BCUT2D eigenvalue weighted by molar-refractivity contribution is 5.77. The predicted molar refractivity (Wildman–Crippen MR) is 78.8 cm³/mol. The summed E-state index contributed by atoms with van der Waals surface area (Å²) >= 11 is 0. The Hall–Kier alpha value is -1.79. The molecule has 0 radical (unpaired) electrons. The molecule has 0 saturated heterocycles. The van der Waals surface area contributed by atoms with Crippen molar-refractivity contribution in [3.63, 3.8) is 0 Å². The molecule has 1 N–H and O–H groups in total. The van der Waals surface area contributed by atoms with Crippen LogP contribution in [-0.4, -0.2) is 47.1 Å². The van der Waals surface area contributed by atoms with E-state index in [1.54, 1.807) is 21.3 Å². The molecular formula is C15H23NO5. The summed E-state index contributed by atoms with van der Waals surface area (Å²) < 4.78 is 20.5. The molecule has 0 aliphatic rings. The van der Waals surface area contributed by atoms with Crippen LogP contribution < -0.4 is 14.8 Å². The summed E-state index contributed by atoms with van der Waals surface area (Å²) in [7, 11) is 4.77. The van der Waals surface area contributed by atoms with Gasteiger partial charge in [-0.15, -0.1) is 0 Å². The fourth-order valence-corrected chi connectivity index (χ4v) is 1.85. The monoisotopic (exact) mass is 297 g/mol. The van der Waals surface area contributed by atoms with Crippen molar-refractivity contribution in [3.05, 3.63) is 23.8 Å². The van der Waals surface area contributed by atoms with Gasteiger partial charge in [-0.25, -0.2) is 0 Å². The van der Waals surface area contributed by atoms with Gasteiger partial charge >= 0.3 is 0 Å². The summed E-state index contributed by atoms with van der Waals surface area (Å²) in [4.78, 5) is 11.8. The van der Waals surface area contributed by atoms with Gasteiger partial charge in [0.05, 0.1) is 33.5 Å². The Balaban J connectivity index is 2.61. The van der Waals surface area contributed by atoms with E-state index >= 15 is 0 Å². The smallest absolute Gasteiger partial charge is 0.246 e. The van der Waals surface area contributed by atoms with E-state index in [0.29, 0.717) is 24.7 Å². The molecule has 0 aromatic heterocycles. The van der Waals surface area contributed by atoms with Crippen LogP contribution >= 0.6 is 0 Å². The first-order valence-electron chi connectivity index (χ1n) is 6.70. The fraction of sp³-hybridized carbons (Fsp3) is 0.533. The molecule has 118 valence electrons. The number of carbonyl (C=O) groups excluding carboxylic acids is 1. The summed E-state index contributed by atoms with van der Waals surface area (Å²) in [6, 6.07) is 5.25. The second kappa shape index (κ2) is 9.20. The lowest BCUT2D eigenvalue weighted by molar-refractivity contribution is -0.126. The van der Waals surface area contributed by atoms with Crippen molar-refractivity contribution in [1.82, 2.24) is 5.32 Å². The Morgan fingerprint density at radius 2 is 1.95 bits per heavy atom. The lowest BCUT2D eigenvalue weighted by Gasteiger charge is -2.18. The average Bonchev–Trinajstić information content (AvgIpc) is 2.50. The van der Waals surface area contributed by atoms with E-state index in [2.05, 4.69) is 5.32 Å². The third-order valence-electron chi connectivity index (χ3n) is 2.95. The fourth-order valence-electron chi connectivity index (χ4n) is 1.85. The van der Waals surface area contributed by atoms with E-state index in [-0.39, 0.29) is 18.6 Å². The van der Waals surface area contributed by atoms with Crippen molar-refractivity contribution < 1.29 is 23.7 Å². The van der Waals surface area contributed by atoms with Crippen LogP contribution in [0.4, 0.5) is 0 Å². The molecule has 1 aromatic rings. The van der Waals surface area contributed by atoms with Gasteiger partial charge in [0, 0.05) is 12.7 Å². The lowest BCUT2D eigenvalue weighted by Crippen LogP contribution is -2.30. The number of methoxy groups -OCH3 is 3. The lowest BCUT2D eigenvalue weighted by atomic mass is 10.1. The van der Waals surface area contributed by atoms with Crippen LogP contribution in [0.5, 0.6) is 11.5 Å². The maximum atomic E-state index is 11.8. The minimum absolute atomic E-state index is 0.0000159. The van der Waals surface area contributed by atoms with Crippen LogP contribution in [0, 0.1) is 0 Å². The first-order valence-corrected chi connectivity index (χ1v) is 6.70. The van der Waals surface area contributed by atoms with Gasteiger partial charge in [0.15, 0.2) is 0 Å². The van der Waals surface area contributed by atoms with Crippen molar-refractivity contribution in [1.29, 1.82) is 0 Å².